The van der Waals surface area contributed by atoms with Crippen LogP contribution in [0.5, 0.6) is 11.5 Å². The quantitative estimate of drug-likeness (QED) is 0.914. The summed E-state index contributed by atoms with van der Waals surface area (Å²) in [4.78, 5) is 2.38. The van der Waals surface area contributed by atoms with Gasteiger partial charge in [-0.1, -0.05) is 18.2 Å². The molecule has 1 atom stereocenters. The van der Waals surface area contributed by atoms with E-state index >= 15 is 0 Å². The van der Waals surface area contributed by atoms with Crippen LogP contribution in [0.1, 0.15) is 22.7 Å². The maximum atomic E-state index is 10.5. The fourth-order valence-electron chi connectivity index (χ4n) is 3.96. The highest BCUT2D eigenvalue weighted by Gasteiger charge is 2.35. The number of phenols is 1. The fraction of sp³-hybridized carbons (Fsp3) is 0.368. The van der Waals surface area contributed by atoms with E-state index in [2.05, 4.69) is 24.1 Å². The summed E-state index contributed by atoms with van der Waals surface area (Å²) in [5, 5.41) is 19.6. The first-order chi connectivity index (χ1) is 11.2. The van der Waals surface area contributed by atoms with Crippen molar-refractivity contribution in [3.8, 4) is 22.6 Å². The Morgan fingerprint density at radius 3 is 2.87 bits per heavy atom. The summed E-state index contributed by atoms with van der Waals surface area (Å²) in [6, 6.07) is 10.2. The van der Waals surface area contributed by atoms with Gasteiger partial charge in [0.2, 0.25) is 0 Å². The summed E-state index contributed by atoms with van der Waals surface area (Å²) in [5.74, 6) is 1.05. The smallest absolute Gasteiger partial charge is 0.127 e. The fourth-order valence-corrected chi connectivity index (χ4v) is 3.96. The molecule has 4 rings (SSSR count). The van der Waals surface area contributed by atoms with E-state index in [1.54, 1.807) is 6.07 Å². The van der Waals surface area contributed by atoms with Crippen LogP contribution in [0.25, 0.3) is 11.1 Å². The molecular formula is C19H21NO3. The number of aliphatic hydroxyl groups excluding tert-OH is 1. The van der Waals surface area contributed by atoms with Gasteiger partial charge in [-0.25, -0.2) is 0 Å². The van der Waals surface area contributed by atoms with E-state index in [0.717, 1.165) is 41.8 Å². The number of likely N-dealkylation sites (N-methyl/N-ethyl adjacent to an activating group) is 1. The van der Waals surface area contributed by atoms with Crippen molar-refractivity contribution in [1.29, 1.82) is 0 Å². The Morgan fingerprint density at radius 1 is 1.17 bits per heavy atom. The molecule has 0 fully saturated rings. The highest BCUT2D eigenvalue weighted by molar-refractivity contribution is 5.84. The summed E-state index contributed by atoms with van der Waals surface area (Å²) in [7, 11) is 2.16. The lowest BCUT2D eigenvalue weighted by Crippen LogP contribution is -2.35. The maximum Gasteiger partial charge on any atom is 0.127 e. The molecule has 0 amide bonds. The van der Waals surface area contributed by atoms with E-state index in [0.29, 0.717) is 11.8 Å². The largest absolute Gasteiger partial charge is 0.507 e. The minimum absolute atomic E-state index is 0.0204. The van der Waals surface area contributed by atoms with Crippen LogP contribution in [0.4, 0.5) is 0 Å². The SMILES string of the molecule is CN1CCc2ccc(OCCO)c3c2[C@H]1Cc1cccc(O)c1-3. The van der Waals surface area contributed by atoms with Gasteiger partial charge in [-0.3, -0.25) is 4.90 Å². The van der Waals surface area contributed by atoms with E-state index in [9.17, 15) is 5.11 Å². The van der Waals surface area contributed by atoms with Crippen LogP contribution in [0.3, 0.4) is 0 Å². The molecule has 23 heavy (non-hydrogen) atoms. The van der Waals surface area contributed by atoms with Gasteiger partial charge in [-0.15, -0.1) is 0 Å². The first-order valence-electron chi connectivity index (χ1n) is 8.11. The van der Waals surface area contributed by atoms with Gasteiger partial charge < -0.3 is 14.9 Å². The number of hydrogen-bond donors (Lipinski definition) is 2. The van der Waals surface area contributed by atoms with E-state index < -0.39 is 0 Å². The predicted molar refractivity (Wildman–Crippen MR) is 88.9 cm³/mol. The third-order valence-electron chi connectivity index (χ3n) is 5.04. The van der Waals surface area contributed by atoms with Gasteiger partial charge in [0.05, 0.1) is 6.61 Å². The number of aliphatic hydroxyl groups is 1. The van der Waals surface area contributed by atoms with Crippen LogP contribution in [-0.4, -0.2) is 41.9 Å². The highest BCUT2D eigenvalue weighted by atomic mass is 16.5. The molecule has 0 bridgehead atoms. The Labute approximate surface area is 135 Å². The lowest BCUT2D eigenvalue weighted by molar-refractivity contribution is 0.199. The van der Waals surface area contributed by atoms with Crippen molar-refractivity contribution in [2.75, 3.05) is 26.8 Å². The molecule has 4 heteroatoms. The Morgan fingerprint density at radius 2 is 2.04 bits per heavy atom. The van der Waals surface area contributed by atoms with Crippen molar-refractivity contribution < 1.29 is 14.9 Å². The number of aromatic hydroxyl groups is 1. The zero-order valence-corrected chi connectivity index (χ0v) is 13.2. The monoisotopic (exact) mass is 311 g/mol. The molecular weight excluding hydrogens is 290 g/mol. The maximum absolute atomic E-state index is 10.5. The average molecular weight is 311 g/mol. The number of nitrogens with zero attached hydrogens (tertiary/aromatic N) is 1. The van der Waals surface area contributed by atoms with E-state index in [1.165, 1.54) is 11.1 Å². The molecule has 0 saturated carbocycles. The molecule has 0 spiro atoms. The van der Waals surface area contributed by atoms with Crippen LogP contribution in [0, 0.1) is 0 Å². The van der Waals surface area contributed by atoms with Gasteiger partial charge in [0, 0.05) is 23.7 Å². The summed E-state index contributed by atoms with van der Waals surface area (Å²) in [5.41, 5.74) is 5.68. The van der Waals surface area contributed by atoms with Crippen LogP contribution < -0.4 is 4.74 Å². The Balaban J connectivity index is 1.99. The van der Waals surface area contributed by atoms with Gasteiger partial charge in [-0.05, 0) is 48.7 Å². The third kappa shape index (κ3) is 2.21. The van der Waals surface area contributed by atoms with E-state index in [1.807, 2.05) is 12.1 Å². The number of hydrogen-bond acceptors (Lipinski definition) is 4. The Bertz CT molecular complexity index is 757. The standard InChI is InChI=1S/C19H21NO3/c1-20-8-7-12-5-6-16(23-10-9-21)19-17(12)14(20)11-13-3-2-4-15(22)18(13)19/h2-6,14,21-22H,7-11H2,1H3/t14-/m1/s1. The third-order valence-corrected chi connectivity index (χ3v) is 5.04. The van der Waals surface area contributed by atoms with Crippen molar-refractivity contribution in [3.05, 3.63) is 47.0 Å². The second kappa shape index (κ2) is 5.55. The normalized spacial score (nSPS) is 19.1. The Kier molecular flexibility index (Phi) is 3.51. The van der Waals surface area contributed by atoms with E-state index in [4.69, 9.17) is 9.84 Å². The Hall–Kier alpha value is -2.04. The zero-order valence-electron chi connectivity index (χ0n) is 13.2. The number of benzene rings is 2. The highest BCUT2D eigenvalue weighted by Crippen LogP contribution is 2.51. The van der Waals surface area contributed by atoms with Gasteiger partial charge >= 0.3 is 0 Å². The van der Waals surface area contributed by atoms with Crippen molar-refractivity contribution in [2.45, 2.75) is 18.9 Å². The van der Waals surface area contributed by atoms with Crippen molar-refractivity contribution in [1.82, 2.24) is 4.90 Å². The number of fused-ring (bicyclic) bond motifs is 2. The first-order valence-corrected chi connectivity index (χ1v) is 8.11. The molecule has 2 N–H and O–H groups in total. The summed E-state index contributed by atoms with van der Waals surface area (Å²) in [6.07, 6.45) is 1.92. The molecule has 1 heterocycles. The minimum Gasteiger partial charge on any atom is -0.507 e. The van der Waals surface area contributed by atoms with E-state index in [-0.39, 0.29) is 13.2 Å². The molecule has 0 aromatic heterocycles. The zero-order chi connectivity index (χ0) is 16.0. The topological polar surface area (TPSA) is 52.9 Å². The summed E-state index contributed by atoms with van der Waals surface area (Å²) < 4.78 is 5.79. The number of ether oxygens (including phenoxy) is 1. The molecule has 2 aromatic rings. The van der Waals surface area contributed by atoms with Crippen LogP contribution >= 0.6 is 0 Å². The second-order valence-corrected chi connectivity index (χ2v) is 6.35. The van der Waals surface area contributed by atoms with Gasteiger partial charge in [0.1, 0.15) is 18.1 Å². The first kappa shape index (κ1) is 14.5. The molecule has 4 nitrogen and oxygen atoms in total. The lowest BCUT2D eigenvalue weighted by Gasteiger charge is -2.40. The predicted octanol–water partition coefficient (Wildman–Crippen LogP) is 2.52. The average Bonchev–Trinajstić information content (AvgIpc) is 2.56. The summed E-state index contributed by atoms with van der Waals surface area (Å²) >= 11 is 0. The van der Waals surface area contributed by atoms with Crippen molar-refractivity contribution in [3.63, 3.8) is 0 Å². The second-order valence-electron chi connectivity index (χ2n) is 6.35. The molecule has 1 aliphatic carbocycles. The van der Waals surface area contributed by atoms with Crippen LogP contribution in [-0.2, 0) is 12.8 Å². The van der Waals surface area contributed by atoms with Crippen molar-refractivity contribution in [2.24, 2.45) is 0 Å². The van der Waals surface area contributed by atoms with Crippen molar-refractivity contribution >= 4 is 0 Å². The summed E-state index contributed by atoms with van der Waals surface area (Å²) in [6.45, 7) is 1.28. The lowest BCUT2D eigenvalue weighted by atomic mass is 9.76. The number of rotatable bonds is 3. The van der Waals surface area contributed by atoms with Gasteiger partial charge in [-0.2, -0.15) is 0 Å². The minimum atomic E-state index is -0.0204. The molecule has 120 valence electrons. The van der Waals surface area contributed by atoms with Crippen LogP contribution in [0.15, 0.2) is 30.3 Å². The molecule has 0 radical (unpaired) electrons. The molecule has 0 unspecified atom stereocenters. The molecule has 1 aliphatic heterocycles. The van der Waals surface area contributed by atoms with Crippen LogP contribution in [0.2, 0.25) is 0 Å². The van der Waals surface area contributed by atoms with Gasteiger partial charge in [0.25, 0.3) is 0 Å². The number of phenolic OH excluding ortho intramolecular Hbond substituents is 1. The molecule has 2 aromatic carbocycles. The van der Waals surface area contributed by atoms with Gasteiger partial charge in [0.15, 0.2) is 0 Å². The molecule has 0 saturated heterocycles. The molecule has 2 aliphatic rings.